The number of hydrogen-bond donors (Lipinski definition) is 1. The number of benzene rings is 2. The van der Waals surface area contributed by atoms with Crippen molar-refractivity contribution in [3.05, 3.63) is 69.1 Å². The van der Waals surface area contributed by atoms with Crippen molar-refractivity contribution in [2.24, 2.45) is 0 Å². The van der Waals surface area contributed by atoms with E-state index in [4.69, 9.17) is 0 Å². The van der Waals surface area contributed by atoms with Crippen LogP contribution in [-0.2, 0) is 4.79 Å². The van der Waals surface area contributed by atoms with Gasteiger partial charge in [-0.15, -0.1) is 0 Å². The zero-order valence-electron chi connectivity index (χ0n) is 9.94. The maximum atomic E-state index is 11.7. The van der Waals surface area contributed by atoms with E-state index in [0.29, 0.717) is 0 Å². The fourth-order valence-electron chi connectivity index (χ4n) is 1.50. The molecule has 1 amide bonds. The lowest BCUT2D eigenvalue weighted by atomic mass is 10.2. The second-order valence-electron chi connectivity index (χ2n) is 3.88. The molecule has 0 atom stereocenters. The van der Waals surface area contributed by atoms with E-state index in [-0.39, 0.29) is 5.91 Å². The first-order valence-corrected chi connectivity index (χ1v) is 7.22. The summed E-state index contributed by atoms with van der Waals surface area (Å²) < 4.78 is 1.97. The highest BCUT2D eigenvalue weighted by molar-refractivity contribution is 9.10. The van der Waals surface area contributed by atoms with Crippen molar-refractivity contribution < 1.29 is 4.79 Å². The van der Waals surface area contributed by atoms with Crippen LogP contribution < -0.4 is 5.32 Å². The third kappa shape index (κ3) is 4.65. The smallest absolute Gasteiger partial charge is 0.248 e. The topological polar surface area (TPSA) is 29.1 Å². The number of amides is 1. The molecule has 2 rings (SSSR count). The quantitative estimate of drug-likeness (QED) is 0.756. The van der Waals surface area contributed by atoms with Crippen LogP contribution in [0.3, 0.4) is 0 Å². The second kappa shape index (κ2) is 6.68. The van der Waals surface area contributed by atoms with Crippen LogP contribution in [0.5, 0.6) is 0 Å². The lowest BCUT2D eigenvalue weighted by Gasteiger charge is -2.01. The van der Waals surface area contributed by atoms with E-state index >= 15 is 0 Å². The molecule has 96 valence electrons. The largest absolute Gasteiger partial charge is 0.323 e. The first-order valence-electron chi connectivity index (χ1n) is 5.64. The summed E-state index contributed by atoms with van der Waals surface area (Å²) in [6, 6.07) is 15.2. The van der Waals surface area contributed by atoms with Crippen LogP contribution >= 0.6 is 31.9 Å². The molecule has 0 aliphatic rings. The summed E-state index contributed by atoms with van der Waals surface area (Å²) in [6.07, 6.45) is 3.29. The van der Waals surface area contributed by atoms with Crippen molar-refractivity contribution in [2.45, 2.75) is 0 Å². The minimum atomic E-state index is -0.151. The predicted molar refractivity (Wildman–Crippen MR) is 85.9 cm³/mol. The van der Waals surface area contributed by atoms with Crippen molar-refractivity contribution >= 4 is 49.5 Å². The number of carbonyl (C=O) groups excluding carboxylic acids is 1. The van der Waals surface area contributed by atoms with Crippen molar-refractivity contribution in [1.82, 2.24) is 0 Å². The van der Waals surface area contributed by atoms with Gasteiger partial charge in [-0.3, -0.25) is 4.79 Å². The number of anilines is 1. The van der Waals surface area contributed by atoms with Gasteiger partial charge in [0.05, 0.1) is 0 Å². The molecule has 0 spiro atoms. The minimum Gasteiger partial charge on any atom is -0.323 e. The lowest BCUT2D eigenvalue weighted by molar-refractivity contribution is -0.111. The van der Waals surface area contributed by atoms with Gasteiger partial charge in [0.1, 0.15) is 0 Å². The molecule has 0 aliphatic heterocycles. The zero-order chi connectivity index (χ0) is 13.7. The highest BCUT2D eigenvalue weighted by Gasteiger charge is 1.97. The van der Waals surface area contributed by atoms with E-state index < -0.39 is 0 Å². The van der Waals surface area contributed by atoms with Crippen LogP contribution in [0, 0.1) is 0 Å². The molecule has 0 saturated heterocycles. The van der Waals surface area contributed by atoms with Crippen molar-refractivity contribution in [3.63, 3.8) is 0 Å². The summed E-state index contributed by atoms with van der Waals surface area (Å²) in [6.45, 7) is 0. The summed E-state index contributed by atoms with van der Waals surface area (Å²) in [7, 11) is 0. The molecule has 0 radical (unpaired) electrons. The van der Waals surface area contributed by atoms with Gasteiger partial charge in [-0.1, -0.05) is 44.0 Å². The fraction of sp³-hybridized carbons (Fsp3) is 0. The van der Waals surface area contributed by atoms with Gasteiger partial charge in [-0.25, -0.2) is 0 Å². The Hall–Kier alpha value is -1.39. The number of rotatable bonds is 3. The lowest BCUT2D eigenvalue weighted by Crippen LogP contribution is -2.07. The molecule has 2 nitrogen and oxygen atoms in total. The Bertz CT molecular complexity index is 606. The summed E-state index contributed by atoms with van der Waals surface area (Å²) in [5, 5.41) is 2.80. The highest BCUT2D eigenvalue weighted by Crippen LogP contribution is 2.15. The van der Waals surface area contributed by atoms with Crippen LogP contribution in [0.15, 0.2) is 63.6 Å². The summed E-state index contributed by atoms with van der Waals surface area (Å²) in [4.78, 5) is 11.7. The minimum absolute atomic E-state index is 0.151. The van der Waals surface area contributed by atoms with Gasteiger partial charge >= 0.3 is 0 Å². The molecule has 0 saturated carbocycles. The molecule has 2 aromatic carbocycles. The van der Waals surface area contributed by atoms with E-state index in [9.17, 15) is 4.79 Å². The van der Waals surface area contributed by atoms with Crippen molar-refractivity contribution in [1.29, 1.82) is 0 Å². The molecule has 4 heteroatoms. The standard InChI is InChI=1S/C15H11Br2NO/c16-12-5-7-14(8-6-12)18-15(19)9-4-11-2-1-3-13(17)10-11/h1-10H,(H,18,19). The van der Waals surface area contributed by atoms with Gasteiger partial charge < -0.3 is 5.32 Å². The van der Waals surface area contributed by atoms with Crippen LogP contribution in [0.25, 0.3) is 6.08 Å². The van der Waals surface area contributed by atoms with Crippen LogP contribution in [0.2, 0.25) is 0 Å². The first kappa shape index (κ1) is 14.0. The van der Waals surface area contributed by atoms with Crippen molar-refractivity contribution in [2.75, 3.05) is 5.32 Å². The van der Waals surface area contributed by atoms with Gasteiger partial charge in [0.25, 0.3) is 0 Å². The molecule has 0 aromatic heterocycles. The van der Waals surface area contributed by atoms with Gasteiger partial charge in [0.15, 0.2) is 0 Å². The predicted octanol–water partition coefficient (Wildman–Crippen LogP) is 4.86. The average Bonchev–Trinajstić information content (AvgIpc) is 2.39. The van der Waals surface area contributed by atoms with Crippen molar-refractivity contribution in [3.8, 4) is 0 Å². The van der Waals surface area contributed by atoms with E-state index in [1.807, 2.05) is 48.5 Å². The molecule has 0 heterocycles. The number of halogens is 2. The molecular weight excluding hydrogens is 370 g/mol. The van der Waals surface area contributed by atoms with Gasteiger partial charge in [-0.05, 0) is 48.0 Å². The van der Waals surface area contributed by atoms with Gasteiger partial charge in [0, 0.05) is 20.7 Å². The Morgan fingerprint density at radius 1 is 1.00 bits per heavy atom. The van der Waals surface area contributed by atoms with E-state index in [2.05, 4.69) is 37.2 Å². The molecule has 0 fully saturated rings. The normalized spacial score (nSPS) is 10.6. The third-order valence-electron chi connectivity index (χ3n) is 2.39. The molecule has 0 aliphatic carbocycles. The van der Waals surface area contributed by atoms with Crippen LogP contribution in [0.1, 0.15) is 5.56 Å². The maximum absolute atomic E-state index is 11.7. The number of carbonyl (C=O) groups is 1. The van der Waals surface area contributed by atoms with Gasteiger partial charge in [0.2, 0.25) is 5.91 Å². The monoisotopic (exact) mass is 379 g/mol. The average molecular weight is 381 g/mol. The summed E-state index contributed by atoms with van der Waals surface area (Å²) in [5.41, 5.74) is 1.74. The van der Waals surface area contributed by atoms with E-state index in [0.717, 1.165) is 20.2 Å². The molecule has 1 N–H and O–H groups in total. The number of hydrogen-bond acceptors (Lipinski definition) is 1. The Morgan fingerprint density at radius 2 is 1.74 bits per heavy atom. The van der Waals surface area contributed by atoms with E-state index in [1.54, 1.807) is 6.08 Å². The molecule has 0 unspecified atom stereocenters. The molecule has 2 aromatic rings. The van der Waals surface area contributed by atoms with E-state index in [1.165, 1.54) is 6.08 Å². The number of nitrogens with one attached hydrogen (secondary N) is 1. The van der Waals surface area contributed by atoms with Crippen LogP contribution in [0.4, 0.5) is 5.69 Å². The third-order valence-corrected chi connectivity index (χ3v) is 3.41. The zero-order valence-corrected chi connectivity index (χ0v) is 13.1. The highest BCUT2D eigenvalue weighted by atomic mass is 79.9. The molecular formula is C15H11Br2NO. The van der Waals surface area contributed by atoms with Crippen LogP contribution in [-0.4, -0.2) is 5.91 Å². The summed E-state index contributed by atoms with van der Waals surface area (Å²) >= 11 is 6.74. The molecule has 19 heavy (non-hydrogen) atoms. The fourth-order valence-corrected chi connectivity index (χ4v) is 2.18. The Labute approximate surface area is 128 Å². The molecule has 0 bridgehead atoms. The maximum Gasteiger partial charge on any atom is 0.248 e. The SMILES string of the molecule is O=C(C=Cc1cccc(Br)c1)Nc1ccc(Br)cc1. The Morgan fingerprint density at radius 3 is 2.42 bits per heavy atom. The first-order chi connectivity index (χ1) is 9.13. The summed E-state index contributed by atoms with van der Waals surface area (Å²) in [5.74, 6) is -0.151. The van der Waals surface area contributed by atoms with Gasteiger partial charge in [-0.2, -0.15) is 0 Å². The second-order valence-corrected chi connectivity index (χ2v) is 5.72. The Kier molecular flexibility index (Phi) is 4.93. The Balaban J connectivity index is 1.99.